The van der Waals surface area contributed by atoms with Gasteiger partial charge in [0.25, 0.3) is 0 Å². The summed E-state index contributed by atoms with van der Waals surface area (Å²) in [4.78, 5) is 0. The molecule has 0 N–H and O–H groups in total. The van der Waals surface area contributed by atoms with Crippen molar-refractivity contribution < 1.29 is 8.42 Å². The van der Waals surface area contributed by atoms with Gasteiger partial charge in [-0.05, 0) is 26.7 Å². The Hall–Kier alpha value is -0.0900. The van der Waals surface area contributed by atoms with Gasteiger partial charge in [0.15, 0.2) is 0 Å². The van der Waals surface area contributed by atoms with Crippen molar-refractivity contribution in [3.05, 3.63) is 0 Å². The van der Waals surface area contributed by atoms with Gasteiger partial charge in [0.05, 0.1) is 4.75 Å². The number of hydrogen-bond donors (Lipinski definition) is 0. The summed E-state index contributed by atoms with van der Waals surface area (Å²) >= 11 is 0. The molecule has 0 spiro atoms. The minimum Gasteiger partial charge on any atom is -0.212 e. The summed E-state index contributed by atoms with van der Waals surface area (Å²) in [5.74, 6) is 0.530. The largest absolute Gasteiger partial charge is 0.219 e. The molecule has 1 aliphatic rings. The molecule has 72 valence electrons. The first-order chi connectivity index (χ1) is 5.25. The summed E-state index contributed by atoms with van der Waals surface area (Å²) in [6.07, 6.45) is 0. The number of sulfonamides is 1. The molecule has 0 aliphatic carbocycles. The van der Waals surface area contributed by atoms with Gasteiger partial charge in [-0.25, -0.2) is 12.7 Å². The Morgan fingerprint density at radius 1 is 1.25 bits per heavy atom. The van der Waals surface area contributed by atoms with Crippen LogP contribution in [0.1, 0.15) is 27.7 Å². The summed E-state index contributed by atoms with van der Waals surface area (Å²) in [7, 11) is -3.04. The van der Waals surface area contributed by atoms with E-state index in [-0.39, 0.29) is 0 Å². The molecule has 3 nitrogen and oxygen atoms in total. The highest BCUT2D eigenvalue weighted by molar-refractivity contribution is 7.90. The zero-order chi connectivity index (χ0) is 9.57. The normalized spacial score (nSPS) is 22.3. The van der Waals surface area contributed by atoms with Crippen LogP contribution < -0.4 is 0 Å². The van der Waals surface area contributed by atoms with Crippen molar-refractivity contribution in [2.75, 3.05) is 13.1 Å². The first-order valence-corrected chi connectivity index (χ1v) is 5.69. The number of hydrogen-bond acceptors (Lipinski definition) is 2. The molecule has 0 bridgehead atoms. The van der Waals surface area contributed by atoms with Crippen LogP contribution in [0.5, 0.6) is 0 Å². The van der Waals surface area contributed by atoms with E-state index >= 15 is 0 Å². The fraction of sp³-hybridized carbons (Fsp3) is 1.00. The molecule has 4 heteroatoms. The predicted molar refractivity (Wildman–Crippen MR) is 49.4 cm³/mol. The van der Waals surface area contributed by atoms with Crippen LogP contribution in [0.15, 0.2) is 0 Å². The van der Waals surface area contributed by atoms with Gasteiger partial charge in [-0.1, -0.05) is 6.92 Å². The van der Waals surface area contributed by atoms with Crippen molar-refractivity contribution in [2.24, 2.45) is 5.92 Å². The zero-order valence-electron chi connectivity index (χ0n) is 8.16. The van der Waals surface area contributed by atoms with Gasteiger partial charge in [0, 0.05) is 13.1 Å². The Bertz CT molecular complexity index is 257. The average molecular weight is 191 g/mol. The molecule has 0 aromatic carbocycles. The minimum absolute atomic E-state index is 0.530. The maximum absolute atomic E-state index is 11.7. The molecule has 1 saturated heterocycles. The maximum atomic E-state index is 11.7. The molecule has 0 saturated carbocycles. The van der Waals surface area contributed by atoms with Gasteiger partial charge in [0.1, 0.15) is 0 Å². The third-order valence-corrected chi connectivity index (χ3v) is 4.67. The quantitative estimate of drug-likeness (QED) is 0.621. The lowest BCUT2D eigenvalue weighted by molar-refractivity contribution is 0.213. The van der Waals surface area contributed by atoms with Crippen molar-refractivity contribution in [3.63, 3.8) is 0 Å². The first kappa shape index (κ1) is 9.99. The third-order valence-electron chi connectivity index (χ3n) is 2.14. The average Bonchev–Trinajstić information content (AvgIpc) is 1.78. The zero-order valence-corrected chi connectivity index (χ0v) is 8.98. The highest BCUT2D eigenvalue weighted by atomic mass is 32.2. The van der Waals surface area contributed by atoms with Crippen LogP contribution in [0.2, 0.25) is 0 Å². The van der Waals surface area contributed by atoms with E-state index in [9.17, 15) is 8.42 Å². The molecule has 0 unspecified atom stereocenters. The SMILES string of the molecule is CC1CN(S(=O)(=O)C(C)(C)C)C1. The Kier molecular flexibility index (Phi) is 2.25. The molecule has 0 aromatic heterocycles. The second-order valence-corrected chi connectivity index (χ2v) is 7.23. The lowest BCUT2D eigenvalue weighted by Gasteiger charge is -2.39. The molecule has 0 radical (unpaired) electrons. The van der Waals surface area contributed by atoms with E-state index in [4.69, 9.17) is 0 Å². The molecule has 1 aliphatic heterocycles. The van der Waals surface area contributed by atoms with Gasteiger partial charge >= 0.3 is 0 Å². The van der Waals surface area contributed by atoms with Crippen molar-refractivity contribution in [2.45, 2.75) is 32.4 Å². The van der Waals surface area contributed by atoms with E-state index in [2.05, 4.69) is 6.92 Å². The Morgan fingerprint density at radius 3 is 1.92 bits per heavy atom. The maximum Gasteiger partial charge on any atom is 0.219 e. The molecule has 1 fully saturated rings. The molecule has 0 atom stereocenters. The van der Waals surface area contributed by atoms with Gasteiger partial charge in [0.2, 0.25) is 10.0 Å². The summed E-state index contributed by atoms with van der Waals surface area (Å²) in [6, 6.07) is 0. The van der Waals surface area contributed by atoms with E-state index in [1.165, 1.54) is 0 Å². The molecule has 12 heavy (non-hydrogen) atoms. The van der Waals surface area contributed by atoms with Gasteiger partial charge in [-0.2, -0.15) is 0 Å². The van der Waals surface area contributed by atoms with Crippen molar-refractivity contribution in [1.82, 2.24) is 4.31 Å². The summed E-state index contributed by atoms with van der Waals surface area (Å²) in [5, 5.41) is 0. The standard InChI is InChI=1S/C8H17NO2S/c1-7-5-9(6-7)12(10,11)8(2,3)4/h7H,5-6H2,1-4H3. The Balaban J connectivity index is 2.75. The van der Waals surface area contributed by atoms with Gasteiger partial charge in [-0.3, -0.25) is 0 Å². The van der Waals surface area contributed by atoms with Crippen molar-refractivity contribution >= 4 is 10.0 Å². The fourth-order valence-electron chi connectivity index (χ4n) is 1.23. The van der Waals surface area contributed by atoms with E-state index in [1.807, 2.05) is 0 Å². The van der Waals surface area contributed by atoms with Crippen molar-refractivity contribution in [1.29, 1.82) is 0 Å². The van der Waals surface area contributed by atoms with Crippen molar-refractivity contribution in [3.8, 4) is 0 Å². The molecule has 0 aromatic rings. The Labute approximate surface area is 74.8 Å². The fourth-order valence-corrected chi connectivity index (χ4v) is 2.90. The second kappa shape index (κ2) is 2.70. The lowest BCUT2D eigenvalue weighted by Crippen LogP contribution is -2.53. The second-order valence-electron chi connectivity index (χ2n) is 4.54. The third kappa shape index (κ3) is 1.50. The van der Waals surface area contributed by atoms with Gasteiger partial charge < -0.3 is 0 Å². The van der Waals surface area contributed by atoms with Crippen LogP contribution in [0, 0.1) is 5.92 Å². The minimum atomic E-state index is -3.04. The van der Waals surface area contributed by atoms with Crippen LogP contribution in [-0.2, 0) is 10.0 Å². The van der Waals surface area contributed by atoms with E-state index in [0.29, 0.717) is 19.0 Å². The molecule has 1 heterocycles. The molecule has 1 rings (SSSR count). The highest BCUT2D eigenvalue weighted by Crippen LogP contribution is 2.27. The number of nitrogens with zero attached hydrogens (tertiary/aromatic N) is 1. The van der Waals surface area contributed by atoms with Crippen LogP contribution in [0.25, 0.3) is 0 Å². The lowest BCUT2D eigenvalue weighted by atomic mass is 10.1. The van der Waals surface area contributed by atoms with Gasteiger partial charge in [-0.15, -0.1) is 0 Å². The van der Waals surface area contributed by atoms with E-state index in [1.54, 1.807) is 25.1 Å². The van der Waals surface area contributed by atoms with Crippen LogP contribution in [0.4, 0.5) is 0 Å². The van der Waals surface area contributed by atoms with Crippen LogP contribution >= 0.6 is 0 Å². The Morgan fingerprint density at radius 2 is 1.67 bits per heavy atom. The molecular weight excluding hydrogens is 174 g/mol. The summed E-state index contributed by atoms with van der Waals surface area (Å²) < 4.78 is 24.3. The topological polar surface area (TPSA) is 37.4 Å². The summed E-state index contributed by atoms with van der Waals surface area (Å²) in [5.41, 5.74) is 0. The van der Waals surface area contributed by atoms with E-state index < -0.39 is 14.8 Å². The van der Waals surface area contributed by atoms with Crippen LogP contribution in [0.3, 0.4) is 0 Å². The number of rotatable bonds is 1. The molecular formula is C8H17NO2S. The van der Waals surface area contributed by atoms with Crippen LogP contribution in [-0.4, -0.2) is 30.6 Å². The smallest absolute Gasteiger partial charge is 0.212 e. The molecule has 0 amide bonds. The van der Waals surface area contributed by atoms with E-state index in [0.717, 1.165) is 0 Å². The summed E-state index contributed by atoms with van der Waals surface area (Å²) in [6.45, 7) is 8.68. The predicted octanol–water partition coefficient (Wildman–Crippen LogP) is 1.07. The first-order valence-electron chi connectivity index (χ1n) is 4.25. The monoisotopic (exact) mass is 191 g/mol. The highest BCUT2D eigenvalue weighted by Gasteiger charge is 2.40.